The Kier molecular flexibility index (Phi) is 6.63. The zero-order valence-corrected chi connectivity index (χ0v) is 16.6. The van der Waals surface area contributed by atoms with Crippen molar-refractivity contribution in [3.8, 4) is 5.75 Å². The number of hydrogen-bond acceptors (Lipinski definition) is 5. The molecule has 1 aliphatic rings. The molecule has 0 spiro atoms. The van der Waals surface area contributed by atoms with E-state index >= 15 is 0 Å². The number of anilines is 2. The van der Waals surface area contributed by atoms with Gasteiger partial charge in [0.25, 0.3) is 5.91 Å². The van der Waals surface area contributed by atoms with Crippen LogP contribution in [-0.4, -0.2) is 56.2 Å². The molecule has 1 N–H and O–H groups in total. The molecule has 1 aliphatic heterocycles. The maximum atomic E-state index is 13.2. The highest BCUT2D eigenvalue weighted by atomic mass is 19.1. The van der Waals surface area contributed by atoms with E-state index < -0.39 is 29.7 Å². The summed E-state index contributed by atoms with van der Waals surface area (Å²) in [6, 6.07) is 10.2. The molecule has 0 saturated carbocycles. The average Bonchev–Trinajstić information content (AvgIpc) is 2.97. The highest BCUT2D eigenvalue weighted by molar-refractivity contribution is 6.22. The molecule has 0 radical (unpaired) electrons. The molecule has 30 heavy (non-hydrogen) atoms. The molecule has 2 aromatic carbocycles. The third-order valence-electron chi connectivity index (χ3n) is 4.69. The van der Waals surface area contributed by atoms with Crippen LogP contribution in [0.5, 0.6) is 5.75 Å². The smallest absolute Gasteiger partial charge is 0.332 e. The van der Waals surface area contributed by atoms with Crippen molar-refractivity contribution in [2.24, 2.45) is 0 Å². The van der Waals surface area contributed by atoms with E-state index in [1.165, 1.54) is 43.4 Å². The van der Waals surface area contributed by atoms with Gasteiger partial charge in [-0.1, -0.05) is 0 Å². The van der Waals surface area contributed by atoms with Crippen molar-refractivity contribution in [1.29, 1.82) is 0 Å². The second-order valence-corrected chi connectivity index (χ2v) is 6.62. The zero-order valence-electron chi connectivity index (χ0n) is 16.6. The number of carbonyl (C=O) groups is 3. The van der Waals surface area contributed by atoms with E-state index in [9.17, 15) is 18.8 Å². The van der Waals surface area contributed by atoms with Gasteiger partial charge in [0.05, 0.1) is 25.8 Å². The van der Waals surface area contributed by atoms with Gasteiger partial charge >= 0.3 is 6.03 Å². The Morgan fingerprint density at radius 3 is 2.33 bits per heavy atom. The van der Waals surface area contributed by atoms with Crippen molar-refractivity contribution in [1.82, 2.24) is 4.90 Å². The van der Waals surface area contributed by atoms with E-state index in [0.29, 0.717) is 11.4 Å². The van der Waals surface area contributed by atoms with E-state index in [2.05, 4.69) is 5.32 Å². The lowest BCUT2D eigenvalue weighted by Gasteiger charge is -2.21. The predicted octanol–water partition coefficient (Wildman–Crippen LogP) is 2.65. The van der Waals surface area contributed by atoms with Crippen LogP contribution in [0.2, 0.25) is 0 Å². The van der Waals surface area contributed by atoms with Crippen molar-refractivity contribution in [3.05, 3.63) is 54.3 Å². The van der Waals surface area contributed by atoms with Gasteiger partial charge in [0.15, 0.2) is 0 Å². The number of nitrogens with zero attached hydrogens (tertiary/aromatic N) is 2. The van der Waals surface area contributed by atoms with Gasteiger partial charge in [-0.25, -0.2) is 14.1 Å². The van der Waals surface area contributed by atoms with Crippen LogP contribution in [0.25, 0.3) is 0 Å². The largest absolute Gasteiger partial charge is 0.497 e. The maximum Gasteiger partial charge on any atom is 0.332 e. The van der Waals surface area contributed by atoms with Crippen LogP contribution in [0, 0.1) is 5.82 Å². The van der Waals surface area contributed by atoms with Crippen LogP contribution in [0.15, 0.2) is 48.5 Å². The van der Waals surface area contributed by atoms with Crippen LogP contribution < -0.4 is 15.0 Å². The van der Waals surface area contributed by atoms with E-state index in [-0.39, 0.29) is 25.3 Å². The fourth-order valence-corrected chi connectivity index (χ4v) is 3.17. The molecule has 1 heterocycles. The van der Waals surface area contributed by atoms with Gasteiger partial charge in [-0.3, -0.25) is 9.59 Å². The Hall–Kier alpha value is -3.46. The molecule has 8 nitrogen and oxygen atoms in total. The van der Waals surface area contributed by atoms with Crippen LogP contribution in [0.4, 0.5) is 20.6 Å². The lowest BCUT2D eigenvalue weighted by Crippen LogP contribution is -2.39. The molecule has 1 fully saturated rings. The lowest BCUT2D eigenvalue weighted by molar-refractivity contribution is -0.124. The van der Waals surface area contributed by atoms with E-state index in [1.807, 2.05) is 0 Å². The number of amides is 4. The predicted molar refractivity (Wildman–Crippen MR) is 108 cm³/mol. The van der Waals surface area contributed by atoms with Crippen LogP contribution >= 0.6 is 0 Å². The number of rotatable bonds is 8. The monoisotopic (exact) mass is 415 g/mol. The van der Waals surface area contributed by atoms with Crippen molar-refractivity contribution in [3.63, 3.8) is 0 Å². The number of nitrogens with one attached hydrogen (secondary N) is 1. The summed E-state index contributed by atoms with van der Waals surface area (Å²) < 4.78 is 23.3. The first kappa shape index (κ1) is 21.3. The van der Waals surface area contributed by atoms with Gasteiger partial charge in [-0.05, 0) is 48.5 Å². The molecule has 0 bridgehead atoms. The fraction of sp³-hybridized carbons (Fsp3) is 0.286. The number of carbonyl (C=O) groups excluding carboxylic acids is 3. The highest BCUT2D eigenvalue weighted by Crippen LogP contribution is 2.27. The Balaban J connectivity index is 1.77. The third-order valence-corrected chi connectivity index (χ3v) is 4.69. The standard InChI is InChI=1S/C21H22FN3O5/c1-29-12-11-24-18(13-19(26)23-15-5-9-17(30-2)10-6-15)20(27)25(21(24)28)16-7-3-14(22)4-8-16/h3-10,18H,11-13H2,1-2H3,(H,23,26). The molecule has 0 aliphatic carbocycles. The van der Waals surface area contributed by atoms with Gasteiger partial charge in [0, 0.05) is 19.3 Å². The summed E-state index contributed by atoms with van der Waals surface area (Å²) in [5.41, 5.74) is 0.781. The molecule has 158 valence electrons. The van der Waals surface area contributed by atoms with Crippen LogP contribution in [0.3, 0.4) is 0 Å². The van der Waals surface area contributed by atoms with Crippen molar-refractivity contribution in [2.45, 2.75) is 12.5 Å². The number of ether oxygens (including phenoxy) is 2. The summed E-state index contributed by atoms with van der Waals surface area (Å²) in [5, 5.41) is 2.71. The molecule has 4 amide bonds. The molecule has 9 heteroatoms. The zero-order chi connectivity index (χ0) is 21.7. The third kappa shape index (κ3) is 4.57. The normalized spacial score (nSPS) is 16.2. The van der Waals surface area contributed by atoms with Gasteiger partial charge in [-0.15, -0.1) is 0 Å². The summed E-state index contributed by atoms with van der Waals surface area (Å²) in [6.07, 6.45) is -0.224. The minimum absolute atomic E-state index is 0.138. The van der Waals surface area contributed by atoms with Crippen molar-refractivity contribution in [2.75, 3.05) is 37.6 Å². The van der Waals surface area contributed by atoms with E-state index in [1.54, 1.807) is 24.3 Å². The van der Waals surface area contributed by atoms with Gasteiger partial charge in [-0.2, -0.15) is 0 Å². The summed E-state index contributed by atoms with van der Waals surface area (Å²) in [7, 11) is 3.02. The first-order valence-electron chi connectivity index (χ1n) is 9.27. The number of benzene rings is 2. The number of hydrogen-bond donors (Lipinski definition) is 1. The topological polar surface area (TPSA) is 88.2 Å². The maximum absolute atomic E-state index is 13.2. The highest BCUT2D eigenvalue weighted by Gasteiger charge is 2.46. The van der Waals surface area contributed by atoms with E-state index in [4.69, 9.17) is 9.47 Å². The minimum Gasteiger partial charge on any atom is -0.497 e. The minimum atomic E-state index is -0.990. The Morgan fingerprint density at radius 1 is 1.07 bits per heavy atom. The molecule has 1 saturated heterocycles. The summed E-state index contributed by atoms with van der Waals surface area (Å²) in [6.45, 7) is 0.339. The Labute approximate surface area is 173 Å². The second-order valence-electron chi connectivity index (χ2n) is 6.62. The molecule has 1 unspecified atom stereocenters. The molecule has 2 aromatic rings. The van der Waals surface area contributed by atoms with Crippen LogP contribution in [-0.2, 0) is 14.3 Å². The number of halogens is 1. The first-order valence-corrected chi connectivity index (χ1v) is 9.27. The van der Waals surface area contributed by atoms with Gasteiger partial charge in [0.1, 0.15) is 17.6 Å². The van der Waals surface area contributed by atoms with Crippen LogP contribution in [0.1, 0.15) is 6.42 Å². The average molecular weight is 415 g/mol. The molecular weight excluding hydrogens is 393 g/mol. The quantitative estimate of drug-likeness (QED) is 0.670. The SMILES string of the molecule is COCCN1C(=O)N(c2ccc(F)cc2)C(=O)C1CC(=O)Nc1ccc(OC)cc1. The molecule has 1 atom stereocenters. The Bertz CT molecular complexity index is 917. The molecular formula is C21H22FN3O5. The Morgan fingerprint density at radius 2 is 1.73 bits per heavy atom. The lowest BCUT2D eigenvalue weighted by atomic mass is 10.1. The summed E-state index contributed by atoms with van der Waals surface area (Å²) >= 11 is 0. The van der Waals surface area contributed by atoms with Gasteiger partial charge in [0.2, 0.25) is 5.91 Å². The molecule has 3 rings (SSSR count). The summed E-state index contributed by atoms with van der Waals surface area (Å²) in [5.74, 6) is -0.808. The number of imide groups is 1. The number of methoxy groups -OCH3 is 2. The van der Waals surface area contributed by atoms with Gasteiger partial charge < -0.3 is 19.7 Å². The first-order chi connectivity index (χ1) is 14.4. The van der Waals surface area contributed by atoms with Crippen molar-refractivity contribution < 1.29 is 28.2 Å². The molecule has 0 aromatic heterocycles. The van der Waals surface area contributed by atoms with Crippen molar-refractivity contribution >= 4 is 29.2 Å². The fourth-order valence-electron chi connectivity index (χ4n) is 3.17. The summed E-state index contributed by atoms with van der Waals surface area (Å²) in [4.78, 5) is 40.6. The number of urea groups is 1. The second kappa shape index (κ2) is 9.36. The van der Waals surface area contributed by atoms with E-state index in [0.717, 1.165) is 4.90 Å².